The van der Waals surface area contributed by atoms with Gasteiger partial charge in [0.2, 0.25) is 11.6 Å². The molecule has 1 unspecified atom stereocenters. The molecule has 2 heterocycles. The molecule has 0 spiro atoms. The van der Waals surface area contributed by atoms with Crippen molar-refractivity contribution in [3.63, 3.8) is 0 Å². The number of hydrogen-bond donors (Lipinski definition) is 1. The van der Waals surface area contributed by atoms with Crippen molar-refractivity contribution in [2.45, 2.75) is 45.2 Å². The summed E-state index contributed by atoms with van der Waals surface area (Å²) in [7, 11) is 0. The van der Waals surface area contributed by atoms with Gasteiger partial charge < -0.3 is 10.2 Å². The van der Waals surface area contributed by atoms with Gasteiger partial charge in [0.1, 0.15) is 6.33 Å². The maximum Gasteiger partial charge on any atom is 0.353 e. The lowest BCUT2D eigenvalue weighted by atomic mass is 10.00. The molecule has 0 saturated carbocycles. The number of piperidine rings is 1. The van der Waals surface area contributed by atoms with Gasteiger partial charge in [-0.3, -0.25) is 10.1 Å². The van der Waals surface area contributed by atoms with Crippen molar-refractivity contribution >= 4 is 28.9 Å². The normalized spacial score (nSPS) is 17.2. The van der Waals surface area contributed by atoms with Crippen LogP contribution in [-0.2, 0) is 6.54 Å². The van der Waals surface area contributed by atoms with Crippen LogP contribution >= 0.6 is 11.6 Å². The zero-order valence-corrected chi connectivity index (χ0v) is 15.4. The Bertz CT molecular complexity index is 786. The second-order valence-electron chi connectivity index (χ2n) is 6.35. The Labute approximate surface area is 157 Å². The van der Waals surface area contributed by atoms with Crippen molar-refractivity contribution in [2.24, 2.45) is 0 Å². The van der Waals surface area contributed by atoms with Crippen LogP contribution in [0.3, 0.4) is 0 Å². The van der Waals surface area contributed by atoms with Crippen molar-refractivity contribution in [2.75, 3.05) is 16.8 Å². The van der Waals surface area contributed by atoms with E-state index in [0.717, 1.165) is 37.8 Å². The Morgan fingerprint density at radius 3 is 2.88 bits per heavy atom. The average molecular weight is 376 g/mol. The van der Waals surface area contributed by atoms with Crippen LogP contribution in [-0.4, -0.2) is 27.5 Å². The van der Waals surface area contributed by atoms with Crippen LogP contribution < -0.4 is 10.2 Å². The average Bonchev–Trinajstić information content (AvgIpc) is 2.66. The number of aromatic nitrogens is 2. The first kappa shape index (κ1) is 18.4. The van der Waals surface area contributed by atoms with E-state index >= 15 is 0 Å². The molecule has 3 rings (SSSR count). The van der Waals surface area contributed by atoms with Crippen LogP contribution in [0.1, 0.15) is 38.2 Å². The molecule has 138 valence electrons. The molecule has 2 aromatic rings. The van der Waals surface area contributed by atoms with E-state index in [9.17, 15) is 10.1 Å². The van der Waals surface area contributed by atoms with Crippen molar-refractivity contribution in [3.8, 4) is 0 Å². The van der Waals surface area contributed by atoms with E-state index in [4.69, 9.17) is 11.6 Å². The Hall–Kier alpha value is -2.41. The number of nitro groups is 1. The van der Waals surface area contributed by atoms with Gasteiger partial charge in [-0.15, -0.1) is 0 Å². The first-order chi connectivity index (χ1) is 12.6. The third-order valence-corrected chi connectivity index (χ3v) is 5.13. The lowest BCUT2D eigenvalue weighted by Gasteiger charge is -2.35. The topological polar surface area (TPSA) is 84.2 Å². The summed E-state index contributed by atoms with van der Waals surface area (Å²) in [6, 6.07) is 7.66. The fourth-order valence-corrected chi connectivity index (χ4v) is 3.60. The molecule has 8 heteroatoms. The summed E-state index contributed by atoms with van der Waals surface area (Å²) in [5.74, 6) is 0.624. The number of rotatable bonds is 6. The van der Waals surface area contributed by atoms with Gasteiger partial charge in [0.25, 0.3) is 0 Å². The van der Waals surface area contributed by atoms with E-state index in [1.807, 2.05) is 18.2 Å². The number of benzene rings is 1. The number of halogens is 1. The summed E-state index contributed by atoms with van der Waals surface area (Å²) in [6.45, 7) is 3.24. The van der Waals surface area contributed by atoms with Crippen molar-refractivity contribution in [1.29, 1.82) is 0 Å². The standard InChI is InChI=1S/C18H22ClN5O2/c1-2-14-8-5-6-10-23(14)18-16(24(25)26)17(21-12-22-18)20-11-13-7-3-4-9-15(13)19/h3-4,7,9,12,14H,2,5-6,8,10-11H2,1H3,(H,20,21,22). The first-order valence-corrected chi connectivity index (χ1v) is 9.23. The fourth-order valence-electron chi connectivity index (χ4n) is 3.40. The minimum absolute atomic E-state index is 0.0695. The van der Waals surface area contributed by atoms with Crippen LogP contribution in [0.5, 0.6) is 0 Å². The predicted octanol–water partition coefficient (Wildman–Crippen LogP) is 4.42. The third-order valence-electron chi connectivity index (χ3n) is 4.76. The van der Waals surface area contributed by atoms with Gasteiger partial charge in [0, 0.05) is 24.2 Å². The largest absolute Gasteiger partial charge is 0.360 e. The Morgan fingerprint density at radius 1 is 1.35 bits per heavy atom. The first-order valence-electron chi connectivity index (χ1n) is 8.85. The summed E-state index contributed by atoms with van der Waals surface area (Å²) in [5, 5.41) is 15.5. The molecule has 1 aliphatic heterocycles. The highest BCUT2D eigenvalue weighted by molar-refractivity contribution is 6.31. The van der Waals surface area contributed by atoms with Crippen LogP contribution in [0.25, 0.3) is 0 Å². The molecule has 1 atom stereocenters. The number of anilines is 2. The molecule has 0 radical (unpaired) electrons. The molecule has 0 amide bonds. The van der Waals surface area contributed by atoms with Crippen molar-refractivity contribution in [3.05, 3.63) is 51.3 Å². The van der Waals surface area contributed by atoms with Crippen LogP contribution in [0.15, 0.2) is 30.6 Å². The fraction of sp³-hybridized carbons (Fsp3) is 0.444. The molecule has 1 aromatic carbocycles. The van der Waals surface area contributed by atoms with Crippen LogP contribution in [0, 0.1) is 10.1 Å². The van der Waals surface area contributed by atoms with E-state index in [-0.39, 0.29) is 17.5 Å². The number of nitrogens with one attached hydrogen (secondary N) is 1. The Kier molecular flexibility index (Phi) is 5.88. The summed E-state index contributed by atoms with van der Waals surface area (Å²) >= 11 is 6.17. The van der Waals surface area contributed by atoms with E-state index in [1.165, 1.54) is 6.33 Å². The zero-order chi connectivity index (χ0) is 18.5. The molecule has 1 saturated heterocycles. The quantitative estimate of drug-likeness (QED) is 0.594. The molecule has 7 nitrogen and oxygen atoms in total. The van der Waals surface area contributed by atoms with Gasteiger partial charge in [0.15, 0.2) is 0 Å². The molecule has 26 heavy (non-hydrogen) atoms. The molecule has 1 N–H and O–H groups in total. The van der Waals surface area contributed by atoms with E-state index in [0.29, 0.717) is 17.4 Å². The summed E-state index contributed by atoms with van der Waals surface area (Å²) in [4.78, 5) is 21.8. The monoisotopic (exact) mass is 375 g/mol. The minimum atomic E-state index is -0.397. The molecular weight excluding hydrogens is 354 g/mol. The number of hydrogen-bond acceptors (Lipinski definition) is 6. The summed E-state index contributed by atoms with van der Waals surface area (Å²) in [5.41, 5.74) is 0.785. The van der Waals surface area contributed by atoms with E-state index in [2.05, 4.69) is 27.1 Å². The van der Waals surface area contributed by atoms with E-state index in [1.54, 1.807) is 6.07 Å². The highest BCUT2D eigenvalue weighted by Gasteiger charge is 2.31. The van der Waals surface area contributed by atoms with Gasteiger partial charge in [0.05, 0.1) is 4.92 Å². The molecule has 0 bridgehead atoms. The molecular formula is C18H22ClN5O2. The Morgan fingerprint density at radius 2 is 2.15 bits per heavy atom. The maximum absolute atomic E-state index is 11.8. The second-order valence-corrected chi connectivity index (χ2v) is 6.76. The van der Waals surface area contributed by atoms with Crippen LogP contribution in [0.2, 0.25) is 5.02 Å². The van der Waals surface area contributed by atoms with Gasteiger partial charge in [-0.1, -0.05) is 36.7 Å². The molecule has 1 fully saturated rings. The minimum Gasteiger partial charge on any atom is -0.360 e. The smallest absolute Gasteiger partial charge is 0.353 e. The van der Waals surface area contributed by atoms with Crippen molar-refractivity contribution in [1.82, 2.24) is 9.97 Å². The lowest BCUT2D eigenvalue weighted by Crippen LogP contribution is -2.40. The summed E-state index contributed by atoms with van der Waals surface area (Å²) in [6.07, 6.45) is 5.51. The number of nitrogens with zero attached hydrogens (tertiary/aromatic N) is 4. The summed E-state index contributed by atoms with van der Waals surface area (Å²) < 4.78 is 0. The Balaban J connectivity index is 1.91. The highest BCUT2D eigenvalue weighted by atomic mass is 35.5. The zero-order valence-electron chi connectivity index (χ0n) is 14.7. The third kappa shape index (κ3) is 3.88. The lowest BCUT2D eigenvalue weighted by molar-refractivity contribution is -0.383. The highest BCUT2D eigenvalue weighted by Crippen LogP contribution is 2.36. The van der Waals surface area contributed by atoms with Crippen LogP contribution in [0.4, 0.5) is 17.3 Å². The van der Waals surface area contributed by atoms with Gasteiger partial charge in [-0.25, -0.2) is 9.97 Å². The molecule has 1 aliphatic rings. The second kappa shape index (κ2) is 8.31. The van der Waals surface area contributed by atoms with Gasteiger partial charge >= 0.3 is 5.69 Å². The SMILES string of the molecule is CCC1CCCCN1c1ncnc(NCc2ccccc2Cl)c1[N+](=O)[O-]. The molecule has 1 aromatic heterocycles. The predicted molar refractivity (Wildman–Crippen MR) is 103 cm³/mol. The molecule has 0 aliphatic carbocycles. The van der Waals surface area contributed by atoms with E-state index < -0.39 is 4.92 Å². The van der Waals surface area contributed by atoms with Crippen molar-refractivity contribution < 1.29 is 4.92 Å². The maximum atomic E-state index is 11.8. The van der Waals surface area contributed by atoms with Gasteiger partial charge in [-0.2, -0.15) is 0 Å². The van der Waals surface area contributed by atoms with Gasteiger partial charge in [-0.05, 0) is 37.3 Å².